The molecule has 0 bridgehead atoms. The molecule has 0 saturated heterocycles. The van der Waals surface area contributed by atoms with Crippen molar-refractivity contribution >= 4 is 35.5 Å². The average molecular weight is 461 g/mol. The van der Waals surface area contributed by atoms with Crippen LogP contribution in [0.1, 0.15) is 54.4 Å². The Morgan fingerprint density at radius 3 is 1.71 bits per heavy atom. The summed E-state index contributed by atoms with van der Waals surface area (Å²) in [6.45, 7) is 10.6. The molecule has 0 aliphatic carbocycles. The first kappa shape index (κ1) is 29.2. The van der Waals surface area contributed by atoms with E-state index in [1.165, 1.54) is 0 Å². The van der Waals surface area contributed by atoms with Gasteiger partial charge >= 0.3 is 5.97 Å². The number of nitrogens with two attached hydrogens (primary N) is 1. The van der Waals surface area contributed by atoms with Crippen molar-refractivity contribution in [2.45, 2.75) is 78.6 Å². The van der Waals surface area contributed by atoms with Gasteiger partial charge in [-0.25, -0.2) is 4.79 Å². The SMILES string of the molecule is CCC(C)C(NC(=O)C(NC(=O)C(N)CCSC)C(C)C)C(=O)NC(C(=O)O)C(C)C. The van der Waals surface area contributed by atoms with Crippen LogP contribution < -0.4 is 21.7 Å². The first-order chi connectivity index (χ1) is 14.4. The molecule has 6 N–H and O–H groups in total. The first-order valence-corrected chi connectivity index (χ1v) is 12.1. The minimum Gasteiger partial charge on any atom is -0.480 e. The quantitative estimate of drug-likeness (QED) is 0.259. The van der Waals surface area contributed by atoms with Gasteiger partial charge in [-0.05, 0) is 36.2 Å². The van der Waals surface area contributed by atoms with Gasteiger partial charge < -0.3 is 26.8 Å². The highest BCUT2D eigenvalue weighted by molar-refractivity contribution is 7.98. The third-order valence-electron chi connectivity index (χ3n) is 5.24. The molecule has 0 spiro atoms. The number of carbonyl (C=O) groups excluding carboxylic acids is 3. The Hall–Kier alpha value is -1.81. The Kier molecular flexibility index (Phi) is 13.5. The second-order valence-electron chi connectivity index (χ2n) is 8.56. The van der Waals surface area contributed by atoms with E-state index in [4.69, 9.17) is 5.73 Å². The van der Waals surface area contributed by atoms with Crippen LogP contribution >= 0.6 is 11.8 Å². The Morgan fingerprint density at radius 2 is 1.29 bits per heavy atom. The summed E-state index contributed by atoms with van der Waals surface area (Å²) in [5.74, 6) is -2.68. The van der Waals surface area contributed by atoms with Gasteiger partial charge in [0.25, 0.3) is 0 Å². The molecule has 0 fully saturated rings. The van der Waals surface area contributed by atoms with E-state index in [2.05, 4.69) is 16.0 Å². The maximum absolute atomic E-state index is 13.0. The Bertz CT molecular complexity index is 615. The summed E-state index contributed by atoms with van der Waals surface area (Å²) >= 11 is 1.58. The zero-order valence-corrected chi connectivity index (χ0v) is 20.5. The van der Waals surface area contributed by atoms with Crippen LogP contribution in [0.25, 0.3) is 0 Å². The molecule has 3 amide bonds. The monoisotopic (exact) mass is 460 g/mol. The van der Waals surface area contributed by atoms with Crippen molar-refractivity contribution in [3.05, 3.63) is 0 Å². The predicted octanol–water partition coefficient (Wildman–Crippen LogP) is 0.964. The van der Waals surface area contributed by atoms with E-state index in [1.807, 2.05) is 13.2 Å². The lowest BCUT2D eigenvalue weighted by Crippen LogP contribution is -2.60. The molecule has 5 atom stereocenters. The van der Waals surface area contributed by atoms with Crippen molar-refractivity contribution in [3.8, 4) is 0 Å². The van der Waals surface area contributed by atoms with Gasteiger partial charge in [-0.3, -0.25) is 14.4 Å². The molecule has 0 aliphatic heterocycles. The van der Waals surface area contributed by atoms with E-state index in [0.717, 1.165) is 5.75 Å². The van der Waals surface area contributed by atoms with Gasteiger partial charge in [0.2, 0.25) is 17.7 Å². The summed E-state index contributed by atoms with van der Waals surface area (Å²) in [5, 5.41) is 17.3. The Balaban J connectivity index is 5.43. The molecule has 9 nitrogen and oxygen atoms in total. The molecule has 10 heteroatoms. The second-order valence-corrected chi connectivity index (χ2v) is 9.54. The third-order valence-corrected chi connectivity index (χ3v) is 5.88. The number of hydrogen-bond donors (Lipinski definition) is 5. The summed E-state index contributed by atoms with van der Waals surface area (Å²) in [5.41, 5.74) is 5.91. The lowest BCUT2D eigenvalue weighted by atomic mass is 9.95. The second kappa shape index (κ2) is 14.3. The summed E-state index contributed by atoms with van der Waals surface area (Å²) in [7, 11) is 0. The van der Waals surface area contributed by atoms with E-state index in [1.54, 1.807) is 46.4 Å². The minimum absolute atomic E-state index is 0.236. The predicted molar refractivity (Wildman–Crippen MR) is 124 cm³/mol. The largest absolute Gasteiger partial charge is 0.480 e. The molecule has 0 aliphatic rings. The number of aliphatic carboxylic acids is 1. The molecule has 0 heterocycles. The number of hydrogen-bond acceptors (Lipinski definition) is 6. The topological polar surface area (TPSA) is 151 Å². The lowest BCUT2D eigenvalue weighted by Gasteiger charge is -2.29. The maximum Gasteiger partial charge on any atom is 0.326 e. The van der Waals surface area contributed by atoms with Crippen molar-refractivity contribution in [1.82, 2.24) is 16.0 Å². The van der Waals surface area contributed by atoms with Gasteiger partial charge in [0.05, 0.1) is 6.04 Å². The van der Waals surface area contributed by atoms with Crippen molar-refractivity contribution < 1.29 is 24.3 Å². The molecular weight excluding hydrogens is 420 g/mol. The van der Waals surface area contributed by atoms with Gasteiger partial charge in [0.15, 0.2) is 0 Å². The van der Waals surface area contributed by atoms with Crippen LogP contribution in [0.5, 0.6) is 0 Å². The third kappa shape index (κ3) is 9.90. The number of rotatable bonds is 14. The highest BCUT2D eigenvalue weighted by atomic mass is 32.2. The van der Waals surface area contributed by atoms with E-state index in [9.17, 15) is 24.3 Å². The fraction of sp³-hybridized carbons (Fsp3) is 0.810. The fourth-order valence-corrected chi connectivity index (χ4v) is 3.36. The van der Waals surface area contributed by atoms with Crippen LogP contribution in [0.4, 0.5) is 0 Å². The summed E-state index contributed by atoms with van der Waals surface area (Å²) < 4.78 is 0. The standard InChI is InChI=1S/C21H40N4O5S/c1-8-13(6)17(20(28)24-16(12(4)5)21(29)30)25-19(27)15(11(2)3)23-18(26)14(22)9-10-31-7/h11-17H,8-10,22H2,1-7H3,(H,23,26)(H,24,28)(H,25,27)(H,29,30). The van der Waals surface area contributed by atoms with E-state index in [0.29, 0.717) is 12.8 Å². The van der Waals surface area contributed by atoms with Crippen LogP contribution in [0.15, 0.2) is 0 Å². The highest BCUT2D eigenvalue weighted by Gasteiger charge is 2.34. The number of carboxylic acids is 1. The number of nitrogens with one attached hydrogen (secondary N) is 3. The number of carbonyl (C=O) groups is 4. The molecule has 31 heavy (non-hydrogen) atoms. The smallest absolute Gasteiger partial charge is 0.326 e. The molecule has 180 valence electrons. The Morgan fingerprint density at radius 1 is 0.839 bits per heavy atom. The number of carboxylic acid groups (broad SMARTS) is 1. The van der Waals surface area contributed by atoms with Crippen molar-refractivity contribution in [2.75, 3.05) is 12.0 Å². The van der Waals surface area contributed by atoms with Crippen LogP contribution in [0, 0.1) is 17.8 Å². The minimum atomic E-state index is -1.14. The average Bonchev–Trinajstić information content (AvgIpc) is 2.70. The van der Waals surface area contributed by atoms with Gasteiger partial charge in [0, 0.05) is 0 Å². The molecule has 0 rings (SSSR count). The molecule has 5 unspecified atom stereocenters. The lowest BCUT2D eigenvalue weighted by molar-refractivity contribution is -0.144. The summed E-state index contributed by atoms with van der Waals surface area (Å²) in [6.07, 6.45) is 3.00. The molecule has 0 radical (unpaired) electrons. The zero-order chi connectivity index (χ0) is 24.3. The molecule has 0 saturated carbocycles. The van der Waals surface area contributed by atoms with Gasteiger partial charge in [-0.15, -0.1) is 0 Å². The maximum atomic E-state index is 13.0. The van der Waals surface area contributed by atoms with Gasteiger partial charge in [-0.1, -0.05) is 48.0 Å². The van der Waals surface area contributed by atoms with Gasteiger partial charge in [0.1, 0.15) is 18.1 Å². The molecule has 0 aromatic rings. The number of thioether (sulfide) groups is 1. The molecule has 0 aromatic carbocycles. The van der Waals surface area contributed by atoms with Crippen molar-refractivity contribution in [3.63, 3.8) is 0 Å². The van der Waals surface area contributed by atoms with Crippen molar-refractivity contribution in [1.29, 1.82) is 0 Å². The normalized spacial score (nSPS) is 16.2. The summed E-state index contributed by atoms with van der Waals surface area (Å²) in [4.78, 5) is 49.7. The number of amides is 3. The van der Waals surface area contributed by atoms with Crippen LogP contribution in [-0.2, 0) is 19.2 Å². The highest BCUT2D eigenvalue weighted by Crippen LogP contribution is 2.12. The van der Waals surface area contributed by atoms with E-state index in [-0.39, 0.29) is 17.8 Å². The van der Waals surface area contributed by atoms with Crippen LogP contribution in [0.2, 0.25) is 0 Å². The fourth-order valence-electron chi connectivity index (χ4n) is 2.87. The summed E-state index contributed by atoms with van der Waals surface area (Å²) in [6, 6.07) is -3.59. The van der Waals surface area contributed by atoms with Gasteiger partial charge in [-0.2, -0.15) is 11.8 Å². The first-order valence-electron chi connectivity index (χ1n) is 10.8. The van der Waals surface area contributed by atoms with Crippen LogP contribution in [0.3, 0.4) is 0 Å². The Labute approximate surface area is 190 Å². The van der Waals surface area contributed by atoms with E-state index < -0.39 is 47.9 Å². The molecular formula is C21H40N4O5S. The van der Waals surface area contributed by atoms with E-state index >= 15 is 0 Å². The van der Waals surface area contributed by atoms with Crippen molar-refractivity contribution in [2.24, 2.45) is 23.5 Å². The molecule has 0 aromatic heterocycles. The van der Waals surface area contributed by atoms with Crippen LogP contribution in [-0.4, -0.2) is 65.0 Å². The zero-order valence-electron chi connectivity index (χ0n) is 19.7.